The molecule has 0 rings (SSSR count). The van der Waals surface area contributed by atoms with Crippen LogP contribution in [0, 0.1) is 0 Å². The van der Waals surface area contributed by atoms with E-state index in [0.29, 0.717) is 6.00 Å². The highest BCUT2D eigenvalue weighted by atomic mass is 35.5. The van der Waals surface area contributed by atoms with Gasteiger partial charge in [-0.05, 0) is 0 Å². The largest absolute Gasteiger partial charge is 0.369 e. The number of rotatable bonds is 2. The van der Waals surface area contributed by atoms with E-state index in [0.717, 1.165) is 0 Å². The van der Waals surface area contributed by atoms with Crippen molar-refractivity contribution >= 4 is 29.3 Å². The quantitative estimate of drug-likeness (QED) is 0.319. The maximum Gasteiger partial charge on any atom is 0.0903 e. The molecule has 0 aliphatic heterocycles. The number of hydrogen-bond acceptors (Lipinski definition) is 1. The summed E-state index contributed by atoms with van der Waals surface area (Å²) in [5, 5.41) is 2.57. The Morgan fingerprint density at radius 2 is 2.60 bits per heavy atom. The second-order valence-corrected chi connectivity index (χ2v) is 0.959. The molecule has 0 amide bonds. The lowest BCUT2D eigenvalue weighted by Gasteiger charge is -1.79. The van der Waals surface area contributed by atoms with Gasteiger partial charge in [0.15, 0.2) is 0 Å². The maximum atomic E-state index is 5.09. The zero-order valence-electron chi connectivity index (χ0n) is 2.57. The van der Waals surface area contributed by atoms with Crippen molar-refractivity contribution < 1.29 is 0 Å². The van der Waals surface area contributed by atoms with E-state index in [4.69, 9.17) is 11.6 Å². The summed E-state index contributed by atoms with van der Waals surface area (Å²) in [5.74, 6) is 0. The summed E-state index contributed by atoms with van der Waals surface area (Å²) in [6, 6.07) is 0.406. The minimum absolute atomic E-state index is 0.406. The Bertz CT molecular complexity index is 30.8. The molecule has 0 aromatic rings. The van der Waals surface area contributed by atoms with Crippen LogP contribution in [0.1, 0.15) is 0 Å². The maximum absolute atomic E-state index is 5.09. The van der Waals surface area contributed by atoms with Gasteiger partial charge in [-0.15, -0.1) is 11.6 Å². The normalized spacial score (nSPS) is 6.60. The first-order chi connectivity index (χ1) is 2.41. The molecule has 0 atom stereocenters. The van der Waals surface area contributed by atoms with Gasteiger partial charge in [0.05, 0.1) is 11.5 Å². The summed E-state index contributed by atoms with van der Waals surface area (Å²) in [6.07, 6.45) is 0. The Hall–Kier alpha value is 0.180. The standard InChI is InChI=1S/C2H4ClNS/c3-1-4-2-5/h2H,1H2,(H,4,5). The van der Waals surface area contributed by atoms with Gasteiger partial charge in [-0.25, -0.2) is 0 Å². The lowest BCUT2D eigenvalue weighted by molar-refractivity contribution is 1.17. The predicted octanol–water partition coefficient (Wildman–Crippen LogP) is 0.730. The van der Waals surface area contributed by atoms with E-state index < -0.39 is 0 Å². The molecule has 1 N–H and O–H groups in total. The van der Waals surface area contributed by atoms with Gasteiger partial charge in [-0.3, -0.25) is 0 Å². The topological polar surface area (TPSA) is 12.0 Å². The molecule has 0 saturated heterocycles. The van der Waals surface area contributed by atoms with Crippen molar-refractivity contribution in [3.05, 3.63) is 0 Å². The van der Waals surface area contributed by atoms with E-state index in [1.165, 1.54) is 5.49 Å². The van der Waals surface area contributed by atoms with E-state index >= 15 is 0 Å². The smallest absolute Gasteiger partial charge is 0.0903 e. The molecule has 3 heteroatoms. The number of halogens is 1. The SMILES string of the molecule is S=CNCCl. The van der Waals surface area contributed by atoms with Gasteiger partial charge in [-0.1, -0.05) is 12.2 Å². The van der Waals surface area contributed by atoms with Crippen molar-refractivity contribution in [2.24, 2.45) is 0 Å². The fourth-order valence-electron chi connectivity index (χ4n) is 0.0315. The Labute approximate surface area is 41.3 Å². The lowest BCUT2D eigenvalue weighted by atomic mass is 11.3. The molecule has 0 saturated carbocycles. The number of hydrogen-bond donors (Lipinski definition) is 1. The van der Waals surface area contributed by atoms with Crippen LogP contribution in [0.15, 0.2) is 0 Å². The lowest BCUT2D eigenvalue weighted by Crippen LogP contribution is -2.03. The van der Waals surface area contributed by atoms with Gasteiger partial charge < -0.3 is 5.32 Å². The highest BCUT2D eigenvalue weighted by Gasteiger charge is 1.58. The molecule has 0 aromatic heterocycles. The molecule has 0 bridgehead atoms. The van der Waals surface area contributed by atoms with Crippen LogP contribution in [0.25, 0.3) is 0 Å². The summed E-state index contributed by atoms with van der Waals surface area (Å²) in [4.78, 5) is 0. The molecule has 0 unspecified atom stereocenters. The predicted molar refractivity (Wildman–Crippen MR) is 27.5 cm³/mol. The molecular weight excluding hydrogens is 106 g/mol. The number of thiocarbonyl (C=S) groups is 1. The van der Waals surface area contributed by atoms with Crippen molar-refractivity contribution in [1.29, 1.82) is 0 Å². The first kappa shape index (κ1) is 5.18. The van der Waals surface area contributed by atoms with Crippen molar-refractivity contribution in [1.82, 2.24) is 5.32 Å². The first-order valence-electron chi connectivity index (χ1n) is 1.15. The Balaban J connectivity index is 2.40. The van der Waals surface area contributed by atoms with E-state index in [1.54, 1.807) is 0 Å². The van der Waals surface area contributed by atoms with Crippen LogP contribution in [0.2, 0.25) is 0 Å². The molecule has 1 nitrogen and oxygen atoms in total. The molecule has 0 aromatic carbocycles. The molecule has 30 valence electrons. The van der Waals surface area contributed by atoms with Crippen LogP contribution in [0.3, 0.4) is 0 Å². The van der Waals surface area contributed by atoms with E-state index in [9.17, 15) is 0 Å². The summed E-state index contributed by atoms with van der Waals surface area (Å²) in [6.45, 7) is 0. The fourth-order valence-corrected chi connectivity index (χ4v) is 0.283. The first-order valence-corrected chi connectivity index (χ1v) is 2.15. The number of nitrogens with one attached hydrogen (secondary N) is 1. The van der Waals surface area contributed by atoms with Crippen LogP contribution in [-0.2, 0) is 0 Å². The van der Waals surface area contributed by atoms with Crippen molar-refractivity contribution in [3.63, 3.8) is 0 Å². The van der Waals surface area contributed by atoms with Crippen LogP contribution < -0.4 is 5.32 Å². The van der Waals surface area contributed by atoms with Crippen LogP contribution in [0.4, 0.5) is 0 Å². The highest BCUT2D eigenvalue weighted by molar-refractivity contribution is 7.78. The van der Waals surface area contributed by atoms with Crippen LogP contribution in [0.5, 0.6) is 0 Å². The second-order valence-electron chi connectivity index (χ2n) is 0.456. The number of alkyl halides is 1. The Morgan fingerprint density at radius 1 is 2.00 bits per heavy atom. The highest BCUT2D eigenvalue weighted by Crippen LogP contribution is 1.58. The van der Waals surface area contributed by atoms with E-state index in [2.05, 4.69) is 17.5 Å². The zero-order valence-corrected chi connectivity index (χ0v) is 4.14. The third-order valence-electron chi connectivity index (χ3n) is 0.160. The molecule has 5 heavy (non-hydrogen) atoms. The van der Waals surface area contributed by atoms with Gasteiger partial charge in [0, 0.05) is 0 Å². The molecule has 0 fully saturated rings. The van der Waals surface area contributed by atoms with Crippen molar-refractivity contribution in [3.8, 4) is 0 Å². The van der Waals surface area contributed by atoms with Gasteiger partial charge in [-0.2, -0.15) is 0 Å². The molecule has 0 radical (unpaired) electrons. The van der Waals surface area contributed by atoms with Gasteiger partial charge in [0.1, 0.15) is 0 Å². The zero-order chi connectivity index (χ0) is 4.12. The summed E-state index contributed by atoms with van der Waals surface area (Å²) >= 11 is 9.42. The van der Waals surface area contributed by atoms with Gasteiger partial charge in [0.2, 0.25) is 0 Å². The fraction of sp³-hybridized carbons (Fsp3) is 0.500. The minimum Gasteiger partial charge on any atom is -0.369 e. The molecule has 0 aliphatic carbocycles. The molecule has 0 spiro atoms. The van der Waals surface area contributed by atoms with Gasteiger partial charge in [0.25, 0.3) is 0 Å². The summed E-state index contributed by atoms with van der Waals surface area (Å²) in [5.41, 5.74) is 1.38. The molecular formula is C2H4ClNS. The van der Waals surface area contributed by atoms with Crippen molar-refractivity contribution in [2.75, 3.05) is 6.00 Å². The third-order valence-corrected chi connectivity index (χ3v) is 0.481. The van der Waals surface area contributed by atoms with Crippen LogP contribution in [-0.4, -0.2) is 11.5 Å². The Morgan fingerprint density at radius 3 is 2.60 bits per heavy atom. The van der Waals surface area contributed by atoms with Gasteiger partial charge >= 0.3 is 0 Å². The van der Waals surface area contributed by atoms with Crippen LogP contribution >= 0.6 is 23.8 Å². The van der Waals surface area contributed by atoms with E-state index in [1.807, 2.05) is 0 Å². The van der Waals surface area contributed by atoms with Crippen molar-refractivity contribution in [2.45, 2.75) is 0 Å². The minimum atomic E-state index is 0.406. The molecule has 0 heterocycles. The Kier molecular flexibility index (Phi) is 4.33. The monoisotopic (exact) mass is 109 g/mol. The average molecular weight is 110 g/mol. The summed E-state index contributed by atoms with van der Waals surface area (Å²) < 4.78 is 0. The van der Waals surface area contributed by atoms with E-state index in [-0.39, 0.29) is 0 Å². The third kappa shape index (κ3) is 4.18. The second kappa shape index (κ2) is 4.18. The summed E-state index contributed by atoms with van der Waals surface area (Å²) in [7, 11) is 0. The average Bonchev–Trinajstić information content (AvgIpc) is 1.41. The molecule has 0 aliphatic rings.